The van der Waals surface area contributed by atoms with Crippen LogP contribution in [0.4, 0.5) is 27.5 Å². The van der Waals surface area contributed by atoms with Gasteiger partial charge in [0.15, 0.2) is 26.6 Å². The lowest BCUT2D eigenvalue weighted by Gasteiger charge is -2.11. The smallest absolute Gasteiger partial charge is 0.238 e. The molecule has 3 rings (SSSR count). The Balaban J connectivity index is 1.66. The van der Waals surface area contributed by atoms with Crippen molar-refractivity contribution < 1.29 is 29.6 Å². The molecule has 1 aromatic heterocycles. The molecule has 0 saturated heterocycles. The minimum atomic E-state index is -4.01. The van der Waals surface area contributed by atoms with E-state index in [-0.39, 0.29) is 23.2 Å². The SMILES string of the molecule is CS(=O)(=O)CS(=O)(=O)NCc1ccc(Nc2nc(Nc3ccc(S(N)(=O)=O)cc3)ncc2F)cc1. The van der Waals surface area contributed by atoms with Crippen LogP contribution >= 0.6 is 0 Å². The Kier molecular flexibility index (Phi) is 7.71. The van der Waals surface area contributed by atoms with Crippen molar-refractivity contribution in [2.75, 3.05) is 22.0 Å². The molecule has 0 bridgehead atoms. The van der Waals surface area contributed by atoms with E-state index in [0.29, 0.717) is 16.9 Å². The maximum atomic E-state index is 14.2. The van der Waals surface area contributed by atoms with Crippen molar-refractivity contribution in [1.82, 2.24) is 14.7 Å². The summed E-state index contributed by atoms with van der Waals surface area (Å²) in [6.45, 7) is -0.127. The molecule has 0 radical (unpaired) electrons. The van der Waals surface area contributed by atoms with Gasteiger partial charge in [0.25, 0.3) is 0 Å². The number of rotatable bonds is 10. The van der Waals surface area contributed by atoms with E-state index in [4.69, 9.17) is 5.14 Å². The van der Waals surface area contributed by atoms with Crippen LogP contribution in [-0.2, 0) is 36.4 Å². The first kappa shape index (κ1) is 26.4. The summed E-state index contributed by atoms with van der Waals surface area (Å²) in [5.41, 5.74) is 1.42. The van der Waals surface area contributed by atoms with Gasteiger partial charge in [-0.1, -0.05) is 12.1 Å². The second-order valence-electron chi connectivity index (χ2n) is 7.39. The maximum absolute atomic E-state index is 14.2. The number of halogens is 1. The maximum Gasteiger partial charge on any atom is 0.238 e. The van der Waals surface area contributed by atoms with E-state index >= 15 is 0 Å². The minimum Gasteiger partial charge on any atom is -0.338 e. The van der Waals surface area contributed by atoms with Crippen LogP contribution in [0.2, 0.25) is 0 Å². The van der Waals surface area contributed by atoms with Gasteiger partial charge >= 0.3 is 0 Å². The number of hydrogen-bond acceptors (Lipinski definition) is 10. The standard InChI is InChI=1S/C19H21FN6O6S3/c1-33(27,28)12-34(29,30)23-10-13-2-4-14(5-3-13)24-18-17(20)11-22-19(26-18)25-15-6-8-16(9-7-15)35(21,31)32/h2-9,11,23H,10,12H2,1H3,(H2,21,31,32)(H2,22,24,25,26). The monoisotopic (exact) mass is 544 g/mol. The van der Waals surface area contributed by atoms with Gasteiger partial charge in [-0.25, -0.2) is 44.5 Å². The summed E-state index contributed by atoms with van der Waals surface area (Å²) >= 11 is 0. The Morgan fingerprint density at radius 1 is 0.886 bits per heavy atom. The molecule has 3 aromatic rings. The Morgan fingerprint density at radius 3 is 2.03 bits per heavy atom. The van der Waals surface area contributed by atoms with Gasteiger partial charge in [0, 0.05) is 24.2 Å². The highest BCUT2D eigenvalue weighted by atomic mass is 32.3. The topological polar surface area (TPSA) is 190 Å². The highest BCUT2D eigenvalue weighted by Crippen LogP contribution is 2.21. The number of primary sulfonamides is 1. The van der Waals surface area contributed by atoms with Crippen LogP contribution in [0.3, 0.4) is 0 Å². The highest BCUT2D eigenvalue weighted by molar-refractivity contribution is 8.06. The number of nitrogens with two attached hydrogens (primary N) is 1. The first-order chi connectivity index (χ1) is 16.2. The molecule has 0 unspecified atom stereocenters. The molecule has 1 heterocycles. The van der Waals surface area contributed by atoms with Crippen LogP contribution < -0.4 is 20.5 Å². The lowest BCUT2D eigenvalue weighted by molar-refractivity contribution is 0.580. The van der Waals surface area contributed by atoms with Gasteiger partial charge in [-0.15, -0.1) is 0 Å². The predicted molar refractivity (Wildman–Crippen MR) is 128 cm³/mol. The summed E-state index contributed by atoms with van der Waals surface area (Å²) in [6, 6.07) is 11.7. The highest BCUT2D eigenvalue weighted by Gasteiger charge is 2.17. The molecule has 0 aliphatic heterocycles. The minimum absolute atomic E-state index is 0.0363. The predicted octanol–water partition coefficient (Wildman–Crippen LogP) is 1.17. The Morgan fingerprint density at radius 2 is 1.46 bits per heavy atom. The van der Waals surface area contributed by atoms with E-state index in [9.17, 15) is 29.6 Å². The molecule has 0 amide bonds. The second kappa shape index (κ2) is 10.2. The average molecular weight is 545 g/mol. The van der Waals surface area contributed by atoms with E-state index in [1.807, 2.05) is 0 Å². The summed E-state index contributed by atoms with van der Waals surface area (Å²) in [5.74, 6) is -0.850. The molecule has 0 saturated carbocycles. The number of hydrogen-bond donors (Lipinski definition) is 4. The van der Waals surface area contributed by atoms with Gasteiger partial charge in [0.05, 0.1) is 11.1 Å². The van der Waals surface area contributed by atoms with Gasteiger partial charge in [0.2, 0.25) is 26.0 Å². The van der Waals surface area contributed by atoms with E-state index in [2.05, 4.69) is 25.3 Å². The third-order valence-corrected chi connectivity index (χ3v) is 8.73. The van der Waals surface area contributed by atoms with Gasteiger partial charge in [-0.05, 0) is 42.0 Å². The van der Waals surface area contributed by atoms with Crippen molar-refractivity contribution in [2.24, 2.45) is 5.14 Å². The van der Waals surface area contributed by atoms with E-state index in [1.165, 1.54) is 24.3 Å². The Labute approximate surface area is 201 Å². The summed E-state index contributed by atoms with van der Waals surface area (Å²) < 4.78 is 85.0. The third-order valence-electron chi connectivity index (χ3n) is 4.27. The molecule has 5 N–H and O–H groups in total. The molecule has 35 heavy (non-hydrogen) atoms. The van der Waals surface area contributed by atoms with Crippen molar-refractivity contribution >= 4 is 53.0 Å². The van der Waals surface area contributed by atoms with Crippen LogP contribution in [-0.4, -0.2) is 46.6 Å². The largest absolute Gasteiger partial charge is 0.338 e. The van der Waals surface area contributed by atoms with Crippen LogP contribution in [0.15, 0.2) is 59.6 Å². The molecule has 2 aromatic carbocycles. The molecular formula is C19H21FN6O6S3. The zero-order valence-corrected chi connectivity index (χ0v) is 20.6. The van der Waals surface area contributed by atoms with E-state index in [1.54, 1.807) is 24.3 Å². The van der Waals surface area contributed by atoms with Crippen LogP contribution in [0.5, 0.6) is 0 Å². The zero-order chi connectivity index (χ0) is 25.9. The van der Waals surface area contributed by atoms with E-state index < -0.39 is 40.8 Å². The van der Waals surface area contributed by atoms with Crippen LogP contribution in [0.25, 0.3) is 0 Å². The van der Waals surface area contributed by atoms with Crippen molar-refractivity contribution in [3.63, 3.8) is 0 Å². The van der Waals surface area contributed by atoms with Gasteiger partial charge in [-0.2, -0.15) is 4.98 Å². The number of nitrogens with zero attached hydrogens (tertiary/aromatic N) is 2. The molecule has 16 heteroatoms. The molecule has 0 aliphatic carbocycles. The molecule has 12 nitrogen and oxygen atoms in total. The van der Waals surface area contributed by atoms with Crippen LogP contribution in [0, 0.1) is 5.82 Å². The normalized spacial score (nSPS) is 12.3. The lowest BCUT2D eigenvalue weighted by Crippen LogP contribution is -2.29. The molecule has 188 valence electrons. The number of sulfonamides is 2. The van der Waals surface area contributed by atoms with Gasteiger partial charge in [-0.3, -0.25) is 0 Å². The first-order valence-electron chi connectivity index (χ1n) is 9.64. The molecule has 0 aliphatic rings. The number of benzene rings is 2. The fourth-order valence-corrected chi connectivity index (χ4v) is 6.22. The quantitative estimate of drug-likeness (QED) is 0.288. The Hall–Kier alpha value is -3.18. The number of nitrogens with one attached hydrogen (secondary N) is 3. The van der Waals surface area contributed by atoms with Crippen molar-refractivity contribution in [3.8, 4) is 0 Å². The summed E-state index contributed by atoms with van der Waals surface area (Å²) in [4.78, 5) is 7.83. The Bertz CT molecular complexity index is 1530. The summed E-state index contributed by atoms with van der Waals surface area (Å²) in [6.07, 6.45) is 1.77. The third kappa shape index (κ3) is 8.22. The fourth-order valence-electron chi connectivity index (χ4n) is 2.73. The number of anilines is 4. The second-order valence-corrected chi connectivity index (χ2v) is 13.3. The lowest BCUT2D eigenvalue weighted by atomic mass is 10.2. The van der Waals surface area contributed by atoms with Crippen molar-refractivity contribution in [1.29, 1.82) is 0 Å². The zero-order valence-electron chi connectivity index (χ0n) is 18.1. The van der Waals surface area contributed by atoms with Crippen LogP contribution in [0.1, 0.15) is 5.56 Å². The average Bonchev–Trinajstić information content (AvgIpc) is 2.74. The molecule has 0 spiro atoms. The van der Waals surface area contributed by atoms with E-state index in [0.717, 1.165) is 12.5 Å². The van der Waals surface area contributed by atoms with Gasteiger partial charge in [0.1, 0.15) is 0 Å². The van der Waals surface area contributed by atoms with Crippen molar-refractivity contribution in [2.45, 2.75) is 11.4 Å². The molecule has 0 fully saturated rings. The summed E-state index contributed by atoms with van der Waals surface area (Å²) in [7, 11) is -11.5. The number of sulfone groups is 1. The first-order valence-corrected chi connectivity index (χ1v) is 14.9. The number of aromatic nitrogens is 2. The molecular weight excluding hydrogens is 523 g/mol. The van der Waals surface area contributed by atoms with Gasteiger partial charge < -0.3 is 10.6 Å². The molecule has 0 atom stereocenters. The summed E-state index contributed by atoms with van der Waals surface area (Å²) in [5, 5.41) is 9.64. The fraction of sp³-hybridized carbons (Fsp3) is 0.158. The van der Waals surface area contributed by atoms with Crippen molar-refractivity contribution in [3.05, 3.63) is 66.1 Å².